The Morgan fingerprint density at radius 3 is 2.33 bits per heavy atom. The van der Waals surface area contributed by atoms with E-state index in [0.29, 0.717) is 36.9 Å². The zero-order valence-corrected chi connectivity index (χ0v) is 22.5. The van der Waals surface area contributed by atoms with Gasteiger partial charge >= 0.3 is 5.97 Å². The maximum absolute atomic E-state index is 15.0. The number of allylic oxidation sites excluding steroid dienone is 2. The van der Waals surface area contributed by atoms with E-state index in [1.54, 1.807) is 19.2 Å². The van der Waals surface area contributed by atoms with Gasteiger partial charge in [0.05, 0.1) is 20.3 Å². The van der Waals surface area contributed by atoms with Crippen LogP contribution in [0.5, 0.6) is 11.5 Å². The number of aliphatic carboxylic acids is 1. The van der Waals surface area contributed by atoms with E-state index in [1.165, 1.54) is 11.6 Å². The van der Waals surface area contributed by atoms with Crippen LogP contribution in [0.1, 0.15) is 43.4 Å². The number of hydrogen-bond acceptors (Lipinski definition) is 5. The van der Waals surface area contributed by atoms with Crippen molar-refractivity contribution >= 4 is 11.5 Å². The van der Waals surface area contributed by atoms with Crippen LogP contribution < -0.4 is 9.47 Å². The molecule has 1 heterocycles. The van der Waals surface area contributed by atoms with Crippen molar-refractivity contribution < 1.29 is 33.2 Å². The van der Waals surface area contributed by atoms with Crippen molar-refractivity contribution in [1.82, 2.24) is 0 Å². The largest absolute Gasteiger partial charge is 0.497 e. The molecule has 0 unspecified atom stereocenters. The van der Waals surface area contributed by atoms with E-state index < -0.39 is 11.6 Å². The third kappa shape index (κ3) is 5.56. The molecule has 204 valence electrons. The number of benzene rings is 3. The standard InChI is InChI=1S/C32H33FO6/c1-31(2)14-4-5-28(31)26-15-21(6-12-25(26)27-16-24(36-3)11-13-29(27)33)17-38-23-9-7-22(8-10-23)32(19-37-20-32)39-18-30(34)35/h5-13,15-16H,4,14,17-20H2,1-3H3,(H,34,35). The number of carbonyl (C=O) groups is 1. The van der Waals surface area contributed by atoms with Crippen molar-refractivity contribution in [3.8, 4) is 22.6 Å². The minimum absolute atomic E-state index is 0.0245. The van der Waals surface area contributed by atoms with Crippen LogP contribution in [0.15, 0.2) is 66.7 Å². The second-order valence-electron chi connectivity index (χ2n) is 10.7. The van der Waals surface area contributed by atoms with Gasteiger partial charge in [0, 0.05) is 5.56 Å². The fourth-order valence-electron chi connectivity index (χ4n) is 5.28. The highest BCUT2D eigenvalue weighted by Crippen LogP contribution is 2.47. The normalized spacial score (nSPS) is 17.3. The summed E-state index contributed by atoms with van der Waals surface area (Å²) in [6.07, 6.45) is 4.28. The highest BCUT2D eigenvalue weighted by molar-refractivity contribution is 5.85. The first-order chi connectivity index (χ1) is 18.7. The van der Waals surface area contributed by atoms with Crippen LogP contribution in [0.25, 0.3) is 16.7 Å². The second-order valence-corrected chi connectivity index (χ2v) is 10.7. The summed E-state index contributed by atoms with van der Waals surface area (Å²) in [5.74, 6) is -0.0225. The Morgan fingerprint density at radius 1 is 0.974 bits per heavy atom. The zero-order valence-electron chi connectivity index (χ0n) is 22.5. The lowest BCUT2D eigenvalue weighted by molar-refractivity contribution is -0.220. The predicted octanol–water partition coefficient (Wildman–Crippen LogP) is 6.61. The molecule has 1 aliphatic heterocycles. The summed E-state index contributed by atoms with van der Waals surface area (Å²) in [5.41, 5.74) is 4.61. The molecule has 0 radical (unpaired) electrons. The molecule has 1 fully saturated rings. The number of methoxy groups -OCH3 is 1. The van der Waals surface area contributed by atoms with Gasteiger partial charge in [0.2, 0.25) is 0 Å². The highest BCUT2D eigenvalue weighted by atomic mass is 19.1. The highest BCUT2D eigenvalue weighted by Gasteiger charge is 2.42. The van der Waals surface area contributed by atoms with Gasteiger partial charge in [0.15, 0.2) is 0 Å². The quantitative estimate of drug-likeness (QED) is 0.317. The molecule has 0 aromatic heterocycles. The summed E-state index contributed by atoms with van der Waals surface area (Å²) in [4.78, 5) is 11.0. The van der Waals surface area contributed by atoms with Crippen molar-refractivity contribution in [3.63, 3.8) is 0 Å². The first-order valence-corrected chi connectivity index (χ1v) is 13.1. The fourth-order valence-corrected chi connectivity index (χ4v) is 5.28. The van der Waals surface area contributed by atoms with Crippen molar-refractivity contribution in [2.75, 3.05) is 26.9 Å². The molecule has 3 aromatic rings. The summed E-state index contributed by atoms with van der Waals surface area (Å²) in [6, 6.07) is 18.3. The third-order valence-corrected chi connectivity index (χ3v) is 7.61. The van der Waals surface area contributed by atoms with Crippen LogP contribution in [0.3, 0.4) is 0 Å². The molecule has 6 nitrogen and oxygen atoms in total. The summed E-state index contributed by atoms with van der Waals surface area (Å²) >= 11 is 0. The number of ether oxygens (including phenoxy) is 4. The smallest absolute Gasteiger partial charge is 0.329 e. The topological polar surface area (TPSA) is 74.2 Å². The van der Waals surface area contributed by atoms with Gasteiger partial charge in [0.1, 0.15) is 36.1 Å². The SMILES string of the molecule is COc1ccc(F)c(-c2ccc(COc3ccc(C4(OCC(=O)O)COC4)cc3)cc2C2=CCCC2(C)C)c1. The van der Waals surface area contributed by atoms with E-state index in [2.05, 4.69) is 26.0 Å². The third-order valence-electron chi connectivity index (χ3n) is 7.61. The molecule has 1 saturated heterocycles. The Balaban J connectivity index is 1.39. The first-order valence-electron chi connectivity index (χ1n) is 13.1. The molecule has 1 N–H and O–H groups in total. The molecular formula is C32H33FO6. The monoisotopic (exact) mass is 532 g/mol. The lowest BCUT2D eigenvalue weighted by Crippen LogP contribution is -2.49. The van der Waals surface area contributed by atoms with Crippen molar-refractivity contribution in [2.24, 2.45) is 5.41 Å². The average molecular weight is 533 g/mol. The Hall–Kier alpha value is -3.68. The molecule has 0 bridgehead atoms. The van der Waals surface area contributed by atoms with E-state index in [0.717, 1.165) is 35.1 Å². The molecule has 7 heteroatoms. The molecule has 5 rings (SSSR count). The van der Waals surface area contributed by atoms with E-state index in [1.807, 2.05) is 36.4 Å². The minimum atomic E-state index is -1.02. The Bertz CT molecular complexity index is 1390. The molecule has 0 saturated carbocycles. The Morgan fingerprint density at radius 2 is 1.72 bits per heavy atom. The van der Waals surface area contributed by atoms with Gasteiger partial charge in [-0.25, -0.2) is 9.18 Å². The number of carboxylic acid groups (broad SMARTS) is 1. The van der Waals surface area contributed by atoms with E-state index in [-0.39, 0.29) is 17.8 Å². The predicted molar refractivity (Wildman–Crippen MR) is 146 cm³/mol. The molecule has 1 aliphatic carbocycles. The average Bonchev–Trinajstić information content (AvgIpc) is 3.26. The fraction of sp³-hybridized carbons (Fsp3) is 0.344. The van der Waals surface area contributed by atoms with Crippen molar-refractivity contribution in [2.45, 2.75) is 38.9 Å². The maximum Gasteiger partial charge on any atom is 0.329 e. The molecular weight excluding hydrogens is 499 g/mol. The second kappa shape index (κ2) is 10.8. The van der Waals surface area contributed by atoms with Crippen molar-refractivity contribution in [3.05, 3.63) is 89.2 Å². The minimum Gasteiger partial charge on any atom is -0.497 e. The van der Waals surface area contributed by atoms with Gasteiger partial charge in [-0.1, -0.05) is 44.2 Å². The maximum atomic E-state index is 15.0. The van der Waals surface area contributed by atoms with Crippen LogP contribution in [0.2, 0.25) is 0 Å². The van der Waals surface area contributed by atoms with Gasteiger partial charge < -0.3 is 24.1 Å². The molecule has 39 heavy (non-hydrogen) atoms. The molecule has 0 amide bonds. The molecule has 0 atom stereocenters. The van der Waals surface area contributed by atoms with Crippen LogP contribution in [-0.2, 0) is 26.5 Å². The van der Waals surface area contributed by atoms with Gasteiger partial charge in [0.25, 0.3) is 0 Å². The lowest BCUT2D eigenvalue weighted by Gasteiger charge is -2.41. The Kier molecular flexibility index (Phi) is 7.47. The van der Waals surface area contributed by atoms with Gasteiger partial charge in [-0.2, -0.15) is 0 Å². The van der Waals surface area contributed by atoms with Crippen LogP contribution >= 0.6 is 0 Å². The van der Waals surface area contributed by atoms with Gasteiger partial charge in [-0.3, -0.25) is 0 Å². The summed E-state index contributed by atoms with van der Waals surface area (Å²) in [7, 11) is 1.58. The number of hydrogen-bond donors (Lipinski definition) is 1. The van der Waals surface area contributed by atoms with Gasteiger partial charge in [-0.15, -0.1) is 0 Å². The van der Waals surface area contributed by atoms with Crippen LogP contribution in [0.4, 0.5) is 4.39 Å². The first kappa shape index (κ1) is 26.9. The molecule has 2 aliphatic rings. The van der Waals surface area contributed by atoms with E-state index >= 15 is 4.39 Å². The summed E-state index contributed by atoms with van der Waals surface area (Å²) in [5, 5.41) is 8.99. The number of halogens is 1. The zero-order chi connectivity index (χ0) is 27.6. The van der Waals surface area contributed by atoms with Gasteiger partial charge in [-0.05, 0) is 82.5 Å². The summed E-state index contributed by atoms with van der Waals surface area (Å²) < 4.78 is 37.4. The molecule has 0 spiro atoms. The van der Waals surface area contributed by atoms with Crippen molar-refractivity contribution in [1.29, 1.82) is 0 Å². The molecule has 3 aromatic carbocycles. The van der Waals surface area contributed by atoms with E-state index in [9.17, 15) is 4.79 Å². The van der Waals surface area contributed by atoms with Crippen LogP contribution in [0, 0.1) is 11.2 Å². The van der Waals surface area contributed by atoms with Crippen LogP contribution in [-0.4, -0.2) is 38.0 Å². The van der Waals surface area contributed by atoms with E-state index in [4.69, 9.17) is 24.1 Å². The number of carboxylic acids is 1. The lowest BCUT2D eigenvalue weighted by atomic mass is 9.79. The Labute approximate surface area is 228 Å². The summed E-state index contributed by atoms with van der Waals surface area (Å²) in [6.45, 7) is 5.04. The number of rotatable bonds is 10.